The molecule has 8 heteroatoms. The van der Waals surface area contributed by atoms with Crippen LogP contribution in [0.4, 0.5) is 0 Å². The maximum absolute atomic E-state index is 12.6. The molecule has 0 N–H and O–H groups in total. The fourth-order valence-corrected chi connectivity index (χ4v) is 4.22. The molecule has 1 aromatic rings. The molecule has 1 aliphatic rings. The lowest BCUT2D eigenvalue weighted by molar-refractivity contribution is -0.143. The summed E-state index contributed by atoms with van der Waals surface area (Å²) in [5.41, 5.74) is 0.616. The van der Waals surface area contributed by atoms with E-state index in [1.54, 1.807) is 36.1 Å². The lowest BCUT2D eigenvalue weighted by Crippen LogP contribution is -2.29. The van der Waals surface area contributed by atoms with E-state index in [2.05, 4.69) is 0 Å². The Balaban J connectivity index is 1.90. The number of ether oxygens (including phenoxy) is 1. The van der Waals surface area contributed by atoms with E-state index in [9.17, 15) is 9.59 Å². The van der Waals surface area contributed by atoms with Crippen LogP contribution in [-0.4, -0.2) is 34.2 Å². The molecule has 0 aromatic heterocycles. The molecule has 1 aromatic carbocycles. The van der Waals surface area contributed by atoms with Gasteiger partial charge < -0.3 is 4.74 Å². The van der Waals surface area contributed by atoms with Gasteiger partial charge in [-0.25, -0.2) is 0 Å². The molecule has 0 atom stereocenters. The van der Waals surface area contributed by atoms with Crippen LogP contribution in [0.1, 0.15) is 38.2 Å². The van der Waals surface area contributed by atoms with Crippen LogP contribution in [0.2, 0.25) is 10.0 Å². The molecule has 0 unspecified atom stereocenters. The highest BCUT2D eigenvalue weighted by atomic mass is 35.5. The molecule has 1 saturated heterocycles. The van der Waals surface area contributed by atoms with Crippen molar-refractivity contribution in [2.75, 3.05) is 13.2 Å². The Hall–Kier alpha value is -1.08. The van der Waals surface area contributed by atoms with Gasteiger partial charge in [0, 0.05) is 28.6 Å². The first-order valence-electron chi connectivity index (χ1n) is 8.29. The number of esters is 1. The normalized spacial score (nSPS) is 15.8. The molecule has 0 saturated carbocycles. The molecule has 1 heterocycles. The third kappa shape index (κ3) is 5.71. The Morgan fingerprint density at radius 3 is 2.62 bits per heavy atom. The highest BCUT2D eigenvalue weighted by Gasteiger charge is 2.31. The van der Waals surface area contributed by atoms with Gasteiger partial charge in [-0.2, -0.15) is 0 Å². The first kappa shape index (κ1) is 21.2. The zero-order chi connectivity index (χ0) is 19.1. The summed E-state index contributed by atoms with van der Waals surface area (Å²) in [5.74, 6) is -0.320. The molecule has 140 valence electrons. The molecule has 1 aliphatic heterocycles. The van der Waals surface area contributed by atoms with Crippen molar-refractivity contribution >= 4 is 69.5 Å². The highest BCUT2D eigenvalue weighted by molar-refractivity contribution is 8.26. The Labute approximate surface area is 172 Å². The quantitative estimate of drug-likeness (QED) is 0.241. The van der Waals surface area contributed by atoms with Crippen LogP contribution in [0.15, 0.2) is 23.1 Å². The number of unbranched alkanes of at least 4 members (excludes halogenated alkanes) is 2. The average Bonchev–Trinajstić information content (AvgIpc) is 2.85. The number of nitrogens with zero attached hydrogens (tertiary/aromatic N) is 1. The van der Waals surface area contributed by atoms with E-state index >= 15 is 0 Å². The van der Waals surface area contributed by atoms with Crippen LogP contribution in [-0.2, 0) is 14.3 Å². The summed E-state index contributed by atoms with van der Waals surface area (Å²) in [6, 6.07) is 5.20. The van der Waals surface area contributed by atoms with Crippen molar-refractivity contribution < 1.29 is 14.3 Å². The second-order valence-corrected chi connectivity index (χ2v) is 8.07. The van der Waals surface area contributed by atoms with Gasteiger partial charge in [-0.3, -0.25) is 14.5 Å². The van der Waals surface area contributed by atoms with Gasteiger partial charge in [0.2, 0.25) is 0 Å². The number of carbonyl (C=O) groups excluding carboxylic acids is 2. The van der Waals surface area contributed by atoms with Crippen LogP contribution in [0.3, 0.4) is 0 Å². The number of benzene rings is 1. The van der Waals surface area contributed by atoms with E-state index < -0.39 is 0 Å². The second kappa shape index (κ2) is 10.3. The molecule has 2 rings (SSSR count). The minimum Gasteiger partial charge on any atom is -0.466 e. The molecule has 0 spiro atoms. The SMILES string of the molecule is CCOC(=O)CCCCCN1C(=O)/C(=C\c2c(Cl)cccc2Cl)SC1=S. The summed E-state index contributed by atoms with van der Waals surface area (Å²) in [4.78, 5) is 26.0. The highest BCUT2D eigenvalue weighted by Crippen LogP contribution is 2.35. The molecule has 26 heavy (non-hydrogen) atoms. The average molecular weight is 432 g/mol. The van der Waals surface area contributed by atoms with Crippen molar-refractivity contribution in [1.29, 1.82) is 0 Å². The molecule has 4 nitrogen and oxygen atoms in total. The lowest BCUT2D eigenvalue weighted by Gasteiger charge is -2.14. The van der Waals surface area contributed by atoms with E-state index in [4.69, 9.17) is 40.2 Å². The molecule has 1 fully saturated rings. The van der Waals surface area contributed by atoms with Crippen molar-refractivity contribution in [3.8, 4) is 0 Å². The number of carbonyl (C=O) groups is 2. The van der Waals surface area contributed by atoms with E-state index in [0.717, 1.165) is 19.3 Å². The number of halogens is 2. The van der Waals surface area contributed by atoms with Crippen molar-refractivity contribution in [1.82, 2.24) is 4.90 Å². The Morgan fingerprint density at radius 2 is 1.96 bits per heavy atom. The Bertz CT molecular complexity index is 717. The van der Waals surface area contributed by atoms with E-state index in [0.29, 0.717) is 44.4 Å². The minimum absolute atomic E-state index is 0.138. The minimum atomic E-state index is -0.183. The topological polar surface area (TPSA) is 46.6 Å². The zero-order valence-electron chi connectivity index (χ0n) is 14.3. The van der Waals surface area contributed by atoms with Gasteiger partial charge in [0.15, 0.2) is 0 Å². The monoisotopic (exact) mass is 431 g/mol. The molecular formula is C18H19Cl2NO3S2. The van der Waals surface area contributed by atoms with Crippen LogP contribution in [0.25, 0.3) is 6.08 Å². The smallest absolute Gasteiger partial charge is 0.305 e. The maximum atomic E-state index is 12.6. The van der Waals surface area contributed by atoms with Crippen molar-refractivity contribution in [3.63, 3.8) is 0 Å². The largest absolute Gasteiger partial charge is 0.466 e. The number of hydrogen-bond acceptors (Lipinski definition) is 5. The van der Waals surface area contributed by atoms with Crippen LogP contribution in [0.5, 0.6) is 0 Å². The number of amides is 1. The third-order valence-electron chi connectivity index (χ3n) is 3.72. The standard InChI is InChI=1S/C18H19Cl2NO3S2/c1-2-24-16(22)9-4-3-5-10-21-17(23)15(26-18(21)25)11-12-13(19)7-6-8-14(12)20/h6-8,11H,2-5,9-10H2,1H3/b15-11+. The van der Waals surface area contributed by atoms with Crippen molar-refractivity contribution in [3.05, 3.63) is 38.7 Å². The predicted octanol–water partition coefficient (Wildman–Crippen LogP) is 5.32. The van der Waals surface area contributed by atoms with E-state index in [1.165, 1.54) is 11.8 Å². The fourth-order valence-electron chi connectivity index (χ4n) is 2.42. The zero-order valence-corrected chi connectivity index (χ0v) is 17.4. The number of thiocarbonyl (C=S) groups is 1. The van der Waals surface area contributed by atoms with Crippen molar-refractivity contribution in [2.24, 2.45) is 0 Å². The van der Waals surface area contributed by atoms with Crippen LogP contribution < -0.4 is 0 Å². The molecule has 0 bridgehead atoms. The van der Waals surface area contributed by atoms with Crippen LogP contribution in [0, 0.1) is 0 Å². The summed E-state index contributed by atoms with van der Waals surface area (Å²) >= 11 is 18.9. The Morgan fingerprint density at radius 1 is 1.27 bits per heavy atom. The molecule has 0 aliphatic carbocycles. The number of thioether (sulfide) groups is 1. The molecule has 0 radical (unpaired) electrons. The first-order chi connectivity index (χ1) is 12.4. The fraction of sp³-hybridized carbons (Fsp3) is 0.389. The van der Waals surface area contributed by atoms with Crippen LogP contribution >= 0.6 is 47.2 Å². The summed E-state index contributed by atoms with van der Waals surface area (Å²) in [7, 11) is 0. The second-order valence-electron chi connectivity index (χ2n) is 5.58. The van der Waals surface area contributed by atoms with E-state index in [1.807, 2.05) is 0 Å². The summed E-state index contributed by atoms with van der Waals surface area (Å²) in [6.45, 7) is 2.72. The summed E-state index contributed by atoms with van der Waals surface area (Å²) < 4.78 is 5.41. The Kier molecular flexibility index (Phi) is 8.41. The van der Waals surface area contributed by atoms with Crippen molar-refractivity contribution in [2.45, 2.75) is 32.6 Å². The van der Waals surface area contributed by atoms with Gasteiger partial charge in [-0.05, 0) is 38.0 Å². The van der Waals surface area contributed by atoms with Gasteiger partial charge in [0.05, 0.1) is 11.5 Å². The maximum Gasteiger partial charge on any atom is 0.305 e. The third-order valence-corrected chi connectivity index (χ3v) is 5.75. The van der Waals surface area contributed by atoms with Gasteiger partial charge in [-0.15, -0.1) is 0 Å². The summed E-state index contributed by atoms with van der Waals surface area (Å²) in [5, 5.41) is 0.975. The predicted molar refractivity (Wildman–Crippen MR) is 111 cm³/mol. The van der Waals surface area contributed by atoms with E-state index in [-0.39, 0.29) is 11.9 Å². The first-order valence-corrected chi connectivity index (χ1v) is 10.3. The molecular weight excluding hydrogens is 413 g/mol. The molecule has 1 amide bonds. The van der Waals surface area contributed by atoms with Gasteiger partial charge >= 0.3 is 5.97 Å². The lowest BCUT2D eigenvalue weighted by atomic mass is 10.2. The summed E-state index contributed by atoms with van der Waals surface area (Å²) in [6.07, 6.45) is 4.41. The van der Waals surface area contributed by atoms with Gasteiger partial charge in [0.1, 0.15) is 4.32 Å². The number of rotatable bonds is 8. The number of hydrogen-bond donors (Lipinski definition) is 0. The van der Waals surface area contributed by atoms with Gasteiger partial charge in [-0.1, -0.05) is 59.7 Å². The van der Waals surface area contributed by atoms with Gasteiger partial charge in [0.25, 0.3) is 5.91 Å².